The van der Waals surface area contributed by atoms with Crippen molar-refractivity contribution in [2.24, 2.45) is 0 Å². The third kappa shape index (κ3) is 3.66. The Balaban J connectivity index is 1.87. The molecular weight excluding hydrogens is 345 g/mol. The van der Waals surface area contributed by atoms with Gasteiger partial charge in [0, 0.05) is 6.54 Å². The molecule has 0 saturated carbocycles. The van der Waals surface area contributed by atoms with Crippen LogP contribution in [0.15, 0.2) is 41.2 Å². The van der Waals surface area contributed by atoms with Crippen LogP contribution in [0.4, 0.5) is 22.0 Å². The number of nitrogens with zero attached hydrogens (tertiary/aromatic N) is 2. The Labute approximate surface area is 138 Å². The first-order valence-corrected chi connectivity index (χ1v) is 7.03. The summed E-state index contributed by atoms with van der Waals surface area (Å²) in [5, 5.41) is 6.48. The summed E-state index contributed by atoms with van der Waals surface area (Å²) in [6, 6.07) is 3.97. The molecule has 1 N–H and O–H groups in total. The molecule has 0 unspecified atom stereocenters. The Morgan fingerprint density at radius 3 is 2.24 bits per heavy atom. The Kier molecular flexibility index (Phi) is 4.75. The van der Waals surface area contributed by atoms with E-state index >= 15 is 0 Å². The van der Waals surface area contributed by atoms with Gasteiger partial charge in [-0.2, -0.15) is 4.98 Å². The van der Waals surface area contributed by atoms with Crippen molar-refractivity contribution < 1.29 is 26.5 Å². The molecule has 2 aromatic carbocycles. The molecule has 9 heteroatoms. The standard InChI is InChI=1S/C16H10F5N3O/c17-10-2-1-9(5-11(10)18)15(16-23-7-25-24-16)22-6-8-3-12(19)14(21)13(20)4-8/h1-5,7,15,22H,6H2/t15-/m1/s1. The van der Waals surface area contributed by atoms with Crippen molar-refractivity contribution in [1.29, 1.82) is 0 Å². The maximum absolute atomic E-state index is 13.5. The molecule has 1 atom stereocenters. The van der Waals surface area contributed by atoms with Gasteiger partial charge in [0.1, 0.15) is 0 Å². The zero-order valence-corrected chi connectivity index (χ0v) is 12.4. The average Bonchev–Trinajstić information content (AvgIpc) is 3.10. The van der Waals surface area contributed by atoms with Gasteiger partial charge in [-0.1, -0.05) is 11.2 Å². The zero-order valence-electron chi connectivity index (χ0n) is 12.4. The molecule has 1 heterocycles. The molecule has 0 aliphatic rings. The van der Waals surface area contributed by atoms with E-state index in [1.165, 1.54) is 6.07 Å². The fraction of sp³-hybridized carbons (Fsp3) is 0.125. The van der Waals surface area contributed by atoms with E-state index in [0.717, 1.165) is 30.7 Å². The van der Waals surface area contributed by atoms with E-state index < -0.39 is 35.1 Å². The molecule has 0 aliphatic carbocycles. The van der Waals surface area contributed by atoms with E-state index in [4.69, 9.17) is 0 Å². The van der Waals surface area contributed by atoms with Crippen LogP contribution in [0.2, 0.25) is 0 Å². The van der Waals surface area contributed by atoms with E-state index in [2.05, 4.69) is 20.0 Å². The Morgan fingerprint density at radius 1 is 0.920 bits per heavy atom. The number of halogens is 5. The molecule has 0 spiro atoms. The molecule has 25 heavy (non-hydrogen) atoms. The number of nitrogens with one attached hydrogen (secondary N) is 1. The lowest BCUT2D eigenvalue weighted by Crippen LogP contribution is -2.23. The van der Waals surface area contributed by atoms with Gasteiger partial charge in [0.2, 0.25) is 6.39 Å². The molecule has 1 aromatic heterocycles. The third-order valence-corrected chi connectivity index (χ3v) is 3.47. The normalized spacial score (nSPS) is 12.4. The van der Waals surface area contributed by atoms with Gasteiger partial charge in [0.05, 0.1) is 6.04 Å². The number of benzene rings is 2. The van der Waals surface area contributed by atoms with E-state index in [1.807, 2.05) is 0 Å². The topological polar surface area (TPSA) is 51.0 Å². The molecule has 3 rings (SSSR count). The highest BCUT2D eigenvalue weighted by atomic mass is 19.2. The van der Waals surface area contributed by atoms with Crippen molar-refractivity contribution in [1.82, 2.24) is 15.5 Å². The fourth-order valence-electron chi connectivity index (χ4n) is 2.29. The van der Waals surface area contributed by atoms with Crippen molar-refractivity contribution in [2.75, 3.05) is 0 Å². The van der Waals surface area contributed by atoms with Crippen molar-refractivity contribution >= 4 is 0 Å². The first-order valence-electron chi connectivity index (χ1n) is 7.03. The van der Waals surface area contributed by atoms with Crippen LogP contribution in [0.25, 0.3) is 0 Å². The molecule has 130 valence electrons. The second kappa shape index (κ2) is 6.98. The summed E-state index contributed by atoms with van der Waals surface area (Å²) in [6.07, 6.45) is 1.04. The number of hydrogen-bond acceptors (Lipinski definition) is 4. The number of rotatable bonds is 5. The minimum atomic E-state index is -1.57. The maximum atomic E-state index is 13.5. The molecule has 0 bridgehead atoms. The minimum absolute atomic E-state index is 0.104. The van der Waals surface area contributed by atoms with Crippen LogP contribution in [-0.2, 0) is 6.54 Å². The van der Waals surface area contributed by atoms with Gasteiger partial charge >= 0.3 is 0 Å². The molecule has 0 amide bonds. The van der Waals surface area contributed by atoms with Crippen LogP contribution in [-0.4, -0.2) is 10.1 Å². The summed E-state index contributed by atoms with van der Waals surface area (Å²) in [6.45, 7) is -0.119. The molecule has 0 aliphatic heterocycles. The van der Waals surface area contributed by atoms with Gasteiger partial charge in [-0.15, -0.1) is 0 Å². The van der Waals surface area contributed by atoms with Gasteiger partial charge in [0.25, 0.3) is 0 Å². The fourth-order valence-corrected chi connectivity index (χ4v) is 2.29. The quantitative estimate of drug-likeness (QED) is 0.561. The lowest BCUT2D eigenvalue weighted by atomic mass is 10.1. The second-order valence-corrected chi connectivity index (χ2v) is 5.15. The van der Waals surface area contributed by atoms with E-state index in [9.17, 15) is 22.0 Å². The average molecular weight is 355 g/mol. The first kappa shape index (κ1) is 17.0. The monoisotopic (exact) mass is 355 g/mol. The Morgan fingerprint density at radius 2 is 1.64 bits per heavy atom. The summed E-state index contributed by atoms with van der Waals surface area (Å²) in [7, 11) is 0. The predicted octanol–water partition coefficient (Wildman–Crippen LogP) is 3.64. The summed E-state index contributed by atoms with van der Waals surface area (Å²) in [5.74, 6) is -6.24. The third-order valence-electron chi connectivity index (χ3n) is 3.47. The SMILES string of the molecule is Fc1ccc([C@@H](NCc2cc(F)c(F)c(F)c2)c2ncon2)cc1F. The molecule has 0 fully saturated rings. The highest BCUT2D eigenvalue weighted by molar-refractivity contribution is 5.27. The molecule has 0 saturated heterocycles. The van der Waals surface area contributed by atoms with Crippen molar-refractivity contribution in [3.05, 3.63) is 82.8 Å². The molecule has 3 aromatic rings. The lowest BCUT2D eigenvalue weighted by Gasteiger charge is -2.16. The van der Waals surface area contributed by atoms with Gasteiger partial charge in [0.15, 0.2) is 34.9 Å². The van der Waals surface area contributed by atoms with Crippen LogP contribution in [0.5, 0.6) is 0 Å². The summed E-state index contributed by atoms with van der Waals surface area (Å²) < 4.78 is 70.8. The van der Waals surface area contributed by atoms with Gasteiger partial charge in [-0.25, -0.2) is 22.0 Å². The highest BCUT2D eigenvalue weighted by Crippen LogP contribution is 2.22. The van der Waals surface area contributed by atoms with E-state index in [-0.39, 0.29) is 23.5 Å². The smallest absolute Gasteiger partial charge is 0.213 e. The largest absolute Gasteiger partial charge is 0.343 e. The van der Waals surface area contributed by atoms with Gasteiger partial charge < -0.3 is 4.52 Å². The first-order chi connectivity index (χ1) is 12.0. The molecular formula is C16H10F5N3O. The molecule has 4 nitrogen and oxygen atoms in total. The van der Waals surface area contributed by atoms with Crippen LogP contribution >= 0.6 is 0 Å². The van der Waals surface area contributed by atoms with E-state index in [1.54, 1.807) is 0 Å². The zero-order chi connectivity index (χ0) is 18.0. The van der Waals surface area contributed by atoms with Crippen LogP contribution < -0.4 is 5.32 Å². The van der Waals surface area contributed by atoms with Crippen LogP contribution in [0, 0.1) is 29.1 Å². The highest BCUT2D eigenvalue weighted by Gasteiger charge is 2.20. The maximum Gasteiger partial charge on any atom is 0.213 e. The Bertz CT molecular complexity index is 862. The van der Waals surface area contributed by atoms with Crippen molar-refractivity contribution in [2.45, 2.75) is 12.6 Å². The molecule has 0 radical (unpaired) electrons. The van der Waals surface area contributed by atoms with Gasteiger partial charge in [-0.05, 0) is 35.4 Å². The number of hydrogen-bond donors (Lipinski definition) is 1. The van der Waals surface area contributed by atoms with Gasteiger partial charge in [-0.3, -0.25) is 5.32 Å². The number of aromatic nitrogens is 2. The predicted molar refractivity (Wildman–Crippen MR) is 75.7 cm³/mol. The van der Waals surface area contributed by atoms with E-state index in [0.29, 0.717) is 0 Å². The van der Waals surface area contributed by atoms with Crippen LogP contribution in [0.3, 0.4) is 0 Å². The second-order valence-electron chi connectivity index (χ2n) is 5.15. The summed E-state index contributed by atoms with van der Waals surface area (Å²) in [5.41, 5.74) is 0.371. The van der Waals surface area contributed by atoms with Crippen molar-refractivity contribution in [3.63, 3.8) is 0 Å². The summed E-state index contributed by atoms with van der Waals surface area (Å²) in [4.78, 5) is 3.84. The van der Waals surface area contributed by atoms with Crippen molar-refractivity contribution in [3.8, 4) is 0 Å². The summed E-state index contributed by atoms with van der Waals surface area (Å²) >= 11 is 0. The minimum Gasteiger partial charge on any atom is -0.343 e. The van der Waals surface area contributed by atoms with Crippen LogP contribution in [0.1, 0.15) is 23.0 Å². The Hall–Kier alpha value is -2.81. The lowest BCUT2D eigenvalue weighted by molar-refractivity contribution is 0.401.